The highest BCUT2D eigenvalue weighted by Gasteiger charge is 2.20. The van der Waals surface area contributed by atoms with Crippen LogP contribution in [0.1, 0.15) is 5.56 Å². The SMILES string of the molecule is NC(=O)Cn1nc2c3ccccc3n(Cc3ccccc3)cc-2c1=O. The van der Waals surface area contributed by atoms with Gasteiger partial charge in [-0.15, -0.1) is 0 Å². The van der Waals surface area contributed by atoms with Gasteiger partial charge in [-0.1, -0.05) is 48.5 Å². The third kappa shape index (κ3) is 2.67. The number of benzene rings is 2. The molecule has 6 heteroatoms. The molecule has 0 aliphatic carbocycles. The number of para-hydroxylation sites is 1. The molecular formula is C19H16N4O2. The van der Waals surface area contributed by atoms with Crippen molar-refractivity contribution in [3.05, 3.63) is 76.7 Å². The van der Waals surface area contributed by atoms with Gasteiger partial charge in [0.2, 0.25) is 5.91 Å². The molecule has 2 aromatic rings. The Balaban J connectivity index is 1.96. The number of fused-ring (bicyclic) bond motifs is 3. The molecule has 1 amide bonds. The molecule has 0 saturated carbocycles. The summed E-state index contributed by atoms with van der Waals surface area (Å²) in [5, 5.41) is 5.19. The van der Waals surface area contributed by atoms with Crippen LogP contribution in [0.2, 0.25) is 0 Å². The molecule has 25 heavy (non-hydrogen) atoms. The molecule has 124 valence electrons. The Morgan fingerprint density at radius 3 is 2.52 bits per heavy atom. The molecule has 0 fully saturated rings. The van der Waals surface area contributed by atoms with Crippen molar-refractivity contribution in [1.29, 1.82) is 0 Å². The number of hydrogen-bond donors (Lipinski definition) is 1. The summed E-state index contributed by atoms with van der Waals surface area (Å²) in [7, 11) is 0. The summed E-state index contributed by atoms with van der Waals surface area (Å²) >= 11 is 0. The van der Waals surface area contributed by atoms with Crippen LogP contribution in [0.4, 0.5) is 0 Å². The summed E-state index contributed by atoms with van der Waals surface area (Å²) in [4.78, 5) is 23.8. The third-order valence-corrected chi connectivity index (χ3v) is 4.20. The monoisotopic (exact) mass is 332 g/mol. The Hall–Kier alpha value is -3.41. The number of amides is 1. The van der Waals surface area contributed by atoms with Crippen molar-refractivity contribution in [2.45, 2.75) is 13.1 Å². The van der Waals surface area contributed by atoms with Crippen molar-refractivity contribution >= 4 is 16.8 Å². The maximum absolute atomic E-state index is 12.6. The lowest BCUT2D eigenvalue weighted by Gasteiger charge is -2.13. The Kier molecular flexibility index (Phi) is 3.57. The summed E-state index contributed by atoms with van der Waals surface area (Å²) in [6, 6.07) is 17.8. The number of nitrogens with two attached hydrogens (primary N) is 1. The smallest absolute Gasteiger partial charge is 0.278 e. The van der Waals surface area contributed by atoms with Crippen molar-refractivity contribution < 1.29 is 4.79 Å². The Morgan fingerprint density at radius 2 is 1.76 bits per heavy atom. The molecule has 2 heterocycles. The lowest BCUT2D eigenvalue weighted by molar-refractivity contribution is -0.118. The van der Waals surface area contributed by atoms with Crippen LogP contribution in [0.15, 0.2) is 65.6 Å². The highest BCUT2D eigenvalue weighted by molar-refractivity contribution is 5.93. The Bertz CT molecular complexity index is 1100. The highest BCUT2D eigenvalue weighted by Crippen LogP contribution is 2.27. The number of nitrogens with zero attached hydrogens (tertiary/aromatic N) is 3. The van der Waals surface area contributed by atoms with E-state index in [1.807, 2.05) is 59.2 Å². The molecule has 2 N–H and O–H groups in total. The van der Waals surface area contributed by atoms with Crippen LogP contribution in [-0.2, 0) is 17.9 Å². The second kappa shape index (κ2) is 5.90. The zero-order valence-electron chi connectivity index (χ0n) is 13.4. The lowest BCUT2D eigenvalue weighted by atomic mass is 10.1. The summed E-state index contributed by atoms with van der Waals surface area (Å²) in [5.74, 6) is -0.591. The van der Waals surface area contributed by atoms with E-state index in [9.17, 15) is 9.59 Å². The van der Waals surface area contributed by atoms with Crippen molar-refractivity contribution in [3.63, 3.8) is 0 Å². The third-order valence-electron chi connectivity index (χ3n) is 4.20. The first kappa shape index (κ1) is 15.1. The summed E-state index contributed by atoms with van der Waals surface area (Å²) in [5.41, 5.74) is 8.09. The molecule has 6 nitrogen and oxygen atoms in total. The van der Waals surface area contributed by atoms with Gasteiger partial charge in [0.25, 0.3) is 5.56 Å². The molecule has 0 radical (unpaired) electrons. The van der Waals surface area contributed by atoms with Gasteiger partial charge in [0, 0.05) is 18.1 Å². The number of primary amides is 1. The number of aromatic nitrogens is 3. The zero-order chi connectivity index (χ0) is 17.4. The van der Waals surface area contributed by atoms with Gasteiger partial charge in [-0.3, -0.25) is 9.59 Å². The molecule has 0 unspecified atom stereocenters. The molecule has 4 rings (SSSR count). The number of carbonyl (C=O) groups is 1. The highest BCUT2D eigenvalue weighted by atomic mass is 16.2. The average Bonchev–Trinajstić information content (AvgIpc) is 2.92. The van der Waals surface area contributed by atoms with Gasteiger partial charge < -0.3 is 10.3 Å². The summed E-state index contributed by atoms with van der Waals surface area (Å²) in [6.45, 7) is 0.415. The van der Waals surface area contributed by atoms with Crippen LogP contribution < -0.4 is 11.3 Å². The van der Waals surface area contributed by atoms with Crippen LogP contribution >= 0.6 is 0 Å². The average molecular weight is 332 g/mol. The number of hydrogen-bond acceptors (Lipinski definition) is 3. The predicted octanol–water partition coefficient (Wildman–Crippen LogP) is 1.84. The van der Waals surface area contributed by atoms with E-state index in [1.165, 1.54) is 0 Å². The number of rotatable bonds is 4. The minimum atomic E-state index is -0.591. The molecule has 0 bridgehead atoms. The van der Waals surface area contributed by atoms with Crippen LogP contribution in [0.25, 0.3) is 22.2 Å². The maximum Gasteiger partial charge on any atom is 0.278 e. The van der Waals surface area contributed by atoms with E-state index in [2.05, 4.69) is 5.10 Å². The fourth-order valence-corrected chi connectivity index (χ4v) is 3.09. The van der Waals surface area contributed by atoms with Gasteiger partial charge in [-0.25, -0.2) is 4.68 Å². The normalized spacial score (nSPS) is 11.2. The first-order valence-electron chi connectivity index (χ1n) is 7.94. The van der Waals surface area contributed by atoms with Crippen molar-refractivity contribution in [1.82, 2.24) is 14.3 Å². The lowest BCUT2D eigenvalue weighted by Crippen LogP contribution is -2.26. The van der Waals surface area contributed by atoms with Crippen molar-refractivity contribution in [2.24, 2.45) is 5.73 Å². The maximum atomic E-state index is 12.6. The Morgan fingerprint density at radius 1 is 1.04 bits per heavy atom. The van der Waals surface area contributed by atoms with E-state index in [0.717, 1.165) is 21.1 Å². The van der Waals surface area contributed by atoms with Crippen molar-refractivity contribution in [2.75, 3.05) is 0 Å². The fourth-order valence-electron chi connectivity index (χ4n) is 3.09. The van der Waals surface area contributed by atoms with Gasteiger partial charge in [0.05, 0.1) is 11.1 Å². The second-order valence-corrected chi connectivity index (χ2v) is 5.95. The van der Waals surface area contributed by atoms with Gasteiger partial charge in [0.1, 0.15) is 12.2 Å². The van der Waals surface area contributed by atoms with Crippen molar-refractivity contribution in [3.8, 4) is 11.3 Å². The molecule has 0 atom stereocenters. The van der Waals surface area contributed by atoms with E-state index in [0.29, 0.717) is 17.8 Å². The van der Waals surface area contributed by atoms with E-state index in [4.69, 9.17) is 5.73 Å². The quantitative estimate of drug-likeness (QED) is 0.619. The second-order valence-electron chi connectivity index (χ2n) is 5.95. The number of carbonyl (C=O) groups excluding carboxylic acids is 1. The van der Waals surface area contributed by atoms with Crippen LogP contribution in [0.5, 0.6) is 0 Å². The summed E-state index contributed by atoms with van der Waals surface area (Å²) in [6.07, 6.45) is 1.80. The molecular weight excluding hydrogens is 316 g/mol. The molecule has 2 aliphatic heterocycles. The van der Waals surface area contributed by atoms with E-state index in [-0.39, 0.29) is 12.1 Å². The van der Waals surface area contributed by atoms with Gasteiger partial charge in [-0.2, -0.15) is 5.10 Å². The first-order chi connectivity index (χ1) is 12.1. The first-order valence-corrected chi connectivity index (χ1v) is 7.94. The topological polar surface area (TPSA) is 82.9 Å². The molecule has 2 aliphatic rings. The predicted molar refractivity (Wildman–Crippen MR) is 95.4 cm³/mol. The molecule has 0 aromatic heterocycles. The van der Waals surface area contributed by atoms with Crippen LogP contribution in [-0.4, -0.2) is 20.3 Å². The Labute approximate surface area is 143 Å². The van der Waals surface area contributed by atoms with Crippen LogP contribution in [0.3, 0.4) is 0 Å². The van der Waals surface area contributed by atoms with Gasteiger partial charge in [0.15, 0.2) is 0 Å². The molecule has 0 saturated heterocycles. The van der Waals surface area contributed by atoms with E-state index < -0.39 is 5.91 Å². The zero-order valence-corrected chi connectivity index (χ0v) is 13.4. The largest absolute Gasteiger partial charge is 0.368 e. The number of pyridine rings is 1. The minimum absolute atomic E-state index is 0.222. The van der Waals surface area contributed by atoms with Gasteiger partial charge >= 0.3 is 0 Å². The molecule has 0 spiro atoms. The van der Waals surface area contributed by atoms with Gasteiger partial charge in [-0.05, 0) is 11.6 Å². The van der Waals surface area contributed by atoms with E-state index >= 15 is 0 Å². The van der Waals surface area contributed by atoms with Crippen LogP contribution in [0, 0.1) is 0 Å². The fraction of sp³-hybridized carbons (Fsp3) is 0.105. The van der Waals surface area contributed by atoms with E-state index in [1.54, 1.807) is 6.20 Å². The molecule has 2 aromatic carbocycles. The minimum Gasteiger partial charge on any atom is -0.368 e. The standard InChI is InChI=1S/C19H16N4O2/c20-17(24)12-23-19(25)15-11-22(10-13-6-2-1-3-7-13)16-9-5-4-8-14(16)18(15)21-23/h1-9,11H,10,12H2,(H2,20,24). The summed E-state index contributed by atoms with van der Waals surface area (Å²) < 4.78 is 3.16.